The second kappa shape index (κ2) is 7.43. The van der Waals surface area contributed by atoms with E-state index in [9.17, 15) is 31.1 Å². The Morgan fingerprint density at radius 1 is 1.03 bits per heavy atom. The van der Waals surface area contributed by atoms with Crippen LogP contribution in [0.3, 0.4) is 0 Å². The molecule has 4 nitrogen and oxygen atoms in total. The SMILES string of the molecule is Cn1nc(C(F)(F)F)c(C(=O)Nc2ccccc2-c2cc(F)c(F)cc2F)c1Cl. The molecule has 1 N–H and O–H groups in total. The normalized spacial score (nSPS) is 11.6. The molecule has 0 unspecified atom stereocenters. The van der Waals surface area contributed by atoms with E-state index in [1.807, 2.05) is 0 Å². The molecular formula is C18H10ClF6N3O. The summed E-state index contributed by atoms with van der Waals surface area (Å²) in [4.78, 5) is 12.5. The van der Waals surface area contributed by atoms with Crippen molar-refractivity contribution in [2.75, 3.05) is 5.32 Å². The fraction of sp³-hybridized carbons (Fsp3) is 0.111. The van der Waals surface area contributed by atoms with Gasteiger partial charge in [0.15, 0.2) is 17.3 Å². The molecule has 0 saturated heterocycles. The largest absolute Gasteiger partial charge is 0.436 e. The fourth-order valence-electron chi connectivity index (χ4n) is 2.64. The summed E-state index contributed by atoms with van der Waals surface area (Å²) in [6.07, 6.45) is -4.96. The summed E-state index contributed by atoms with van der Waals surface area (Å²) in [7, 11) is 1.12. The van der Waals surface area contributed by atoms with Crippen LogP contribution in [0, 0.1) is 17.5 Å². The first kappa shape index (κ1) is 20.7. The number of carbonyl (C=O) groups is 1. The van der Waals surface area contributed by atoms with Gasteiger partial charge in [0.1, 0.15) is 16.5 Å². The van der Waals surface area contributed by atoms with Gasteiger partial charge in [-0.2, -0.15) is 18.3 Å². The molecule has 29 heavy (non-hydrogen) atoms. The predicted octanol–water partition coefficient (Wildman–Crippen LogP) is 5.43. The Bertz CT molecular complexity index is 1110. The van der Waals surface area contributed by atoms with E-state index < -0.39 is 51.5 Å². The average molecular weight is 434 g/mol. The van der Waals surface area contributed by atoms with E-state index in [0.717, 1.165) is 7.05 Å². The van der Waals surface area contributed by atoms with Gasteiger partial charge in [-0.1, -0.05) is 29.8 Å². The molecule has 3 rings (SSSR count). The predicted molar refractivity (Wildman–Crippen MR) is 92.9 cm³/mol. The first-order valence-electron chi connectivity index (χ1n) is 7.85. The van der Waals surface area contributed by atoms with E-state index >= 15 is 0 Å². The monoisotopic (exact) mass is 433 g/mol. The Morgan fingerprint density at radius 3 is 2.31 bits per heavy atom. The molecule has 0 aliphatic carbocycles. The molecule has 0 aliphatic heterocycles. The minimum atomic E-state index is -4.96. The molecule has 11 heteroatoms. The number of hydrogen-bond donors (Lipinski definition) is 1. The number of aromatic nitrogens is 2. The summed E-state index contributed by atoms with van der Waals surface area (Å²) in [6.45, 7) is 0. The Kier molecular flexibility index (Phi) is 5.31. The van der Waals surface area contributed by atoms with Crippen LogP contribution in [0.2, 0.25) is 5.15 Å². The van der Waals surface area contributed by atoms with Crippen LogP contribution in [0.5, 0.6) is 0 Å². The number of alkyl halides is 3. The van der Waals surface area contributed by atoms with Crippen molar-refractivity contribution in [3.63, 3.8) is 0 Å². The van der Waals surface area contributed by atoms with E-state index in [0.29, 0.717) is 16.8 Å². The van der Waals surface area contributed by atoms with Crippen LogP contribution in [-0.4, -0.2) is 15.7 Å². The molecule has 1 aromatic heterocycles. The third-order valence-electron chi connectivity index (χ3n) is 3.95. The van der Waals surface area contributed by atoms with Crippen molar-refractivity contribution in [2.24, 2.45) is 7.05 Å². The quantitative estimate of drug-likeness (QED) is 0.442. The number of halogens is 7. The highest BCUT2D eigenvalue weighted by atomic mass is 35.5. The van der Waals surface area contributed by atoms with E-state index in [4.69, 9.17) is 11.6 Å². The molecule has 1 amide bonds. The number of nitrogens with zero attached hydrogens (tertiary/aromatic N) is 2. The minimum Gasteiger partial charge on any atom is -0.321 e. The zero-order valence-electron chi connectivity index (χ0n) is 14.4. The van der Waals surface area contributed by atoms with Crippen LogP contribution in [0.1, 0.15) is 16.1 Å². The summed E-state index contributed by atoms with van der Waals surface area (Å²) in [5.74, 6) is -5.13. The van der Waals surface area contributed by atoms with Crippen molar-refractivity contribution < 1.29 is 31.1 Å². The first-order valence-corrected chi connectivity index (χ1v) is 8.23. The molecule has 0 atom stereocenters. The van der Waals surface area contributed by atoms with Gasteiger partial charge in [-0.15, -0.1) is 0 Å². The lowest BCUT2D eigenvalue weighted by Gasteiger charge is -2.13. The molecule has 0 aliphatic rings. The fourth-order valence-corrected chi connectivity index (χ4v) is 2.86. The van der Waals surface area contributed by atoms with E-state index in [1.165, 1.54) is 24.3 Å². The number of nitrogens with one attached hydrogen (secondary N) is 1. The topological polar surface area (TPSA) is 46.9 Å². The highest BCUT2D eigenvalue weighted by molar-refractivity contribution is 6.33. The number of anilines is 1. The summed E-state index contributed by atoms with van der Waals surface area (Å²) in [5.41, 5.74) is -3.05. The number of carbonyl (C=O) groups excluding carboxylic acids is 1. The Morgan fingerprint density at radius 2 is 1.66 bits per heavy atom. The van der Waals surface area contributed by atoms with Crippen molar-refractivity contribution in [2.45, 2.75) is 6.18 Å². The van der Waals surface area contributed by atoms with Gasteiger partial charge in [-0.3, -0.25) is 9.48 Å². The molecule has 152 valence electrons. The molecule has 0 bridgehead atoms. The van der Waals surface area contributed by atoms with Crippen molar-refractivity contribution in [1.29, 1.82) is 0 Å². The van der Waals surface area contributed by atoms with Gasteiger partial charge in [0.2, 0.25) is 0 Å². The van der Waals surface area contributed by atoms with Gasteiger partial charge in [0, 0.05) is 29.9 Å². The lowest BCUT2D eigenvalue weighted by molar-refractivity contribution is -0.141. The van der Waals surface area contributed by atoms with Crippen LogP contribution in [0.4, 0.5) is 32.0 Å². The number of benzene rings is 2. The smallest absolute Gasteiger partial charge is 0.321 e. The number of aryl methyl sites for hydroxylation is 1. The van der Waals surface area contributed by atoms with Crippen LogP contribution >= 0.6 is 11.6 Å². The molecule has 0 fully saturated rings. The van der Waals surface area contributed by atoms with Crippen molar-refractivity contribution >= 4 is 23.2 Å². The maximum Gasteiger partial charge on any atom is 0.436 e. The van der Waals surface area contributed by atoms with E-state index in [2.05, 4.69) is 10.4 Å². The zero-order valence-corrected chi connectivity index (χ0v) is 15.2. The maximum atomic E-state index is 14.1. The molecule has 0 spiro atoms. The van der Waals surface area contributed by atoms with Gasteiger partial charge in [0.05, 0.1) is 0 Å². The maximum absolute atomic E-state index is 14.1. The summed E-state index contributed by atoms with van der Waals surface area (Å²) < 4.78 is 81.1. The van der Waals surface area contributed by atoms with E-state index in [1.54, 1.807) is 0 Å². The third kappa shape index (κ3) is 3.93. The Balaban J connectivity index is 2.06. The second-order valence-corrected chi connectivity index (χ2v) is 6.24. The minimum absolute atomic E-state index is 0.0779. The molecule has 3 aromatic rings. The summed E-state index contributed by atoms with van der Waals surface area (Å²) in [6, 6.07) is 6.26. The number of para-hydroxylation sites is 1. The van der Waals surface area contributed by atoms with Gasteiger partial charge < -0.3 is 5.32 Å². The molecule has 0 radical (unpaired) electrons. The van der Waals surface area contributed by atoms with Gasteiger partial charge in [-0.25, -0.2) is 13.2 Å². The highest BCUT2D eigenvalue weighted by Crippen LogP contribution is 2.36. The zero-order chi connectivity index (χ0) is 21.5. The Labute approximate surface area is 164 Å². The average Bonchev–Trinajstić information content (AvgIpc) is 2.94. The van der Waals surface area contributed by atoms with Gasteiger partial charge in [-0.05, 0) is 12.1 Å². The second-order valence-electron chi connectivity index (χ2n) is 5.88. The lowest BCUT2D eigenvalue weighted by Crippen LogP contribution is -2.18. The van der Waals surface area contributed by atoms with E-state index in [-0.39, 0.29) is 11.3 Å². The van der Waals surface area contributed by atoms with Crippen LogP contribution < -0.4 is 5.32 Å². The van der Waals surface area contributed by atoms with Crippen LogP contribution in [0.15, 0.2) is 36.4 Å². The number of amides is 1. The lowest BCUT2D eigenvalue weighted by atomic mass is 10.0. The van der Waals surface area contributed by atoms with Gasteiger partial charge in [0.25, 0.3) is 5.91 Å². The highest BCUT2D eigenvalue weighted by Gasteiger charge is 2.41. The van der Waals surface area contributed by atoms with Crippen molar-refractivity contribution in [1.82, 2.24) is 9.78 Å². The molecule has 1 heterocycles. The molecule has 0 saturated carbocycles. The third-order valence-corrected chi connectivity index (χ3v) is 4.38. The summed E-state index contributed by atoms with van der Waals surface area (Å²) >= 11 is 5.79. The number of rotatable bonds is 3. The molecule has 2 aromatic carbocycles. The van der Waals surface area contributed by atoms with Crippen molar-refractivity contribution in [3.05, 3.63) is 70.3 Å². The first-order chi connectivity index (χ1) is 13.5. The van der Waals surface area contributed by atoms with Crippen molar-refractivity contribution in [3.8, 4) is 11.1 Å². The molecular weight excluding hydrogens is 424 g/mol. The standard InChI is InChI=1S/C18H10ClF6N3O/c1-28-16(19)14(15(27-28)18(23,24)25)17(29)26-13-5-3-2-4-8(13)9-6-11(21)12(22)7-10(9)20/h2-7H,1H3,(H,26,29). The van der Waals surface area contributed by atoms with Gasteiger partial charge >= 0.3 is 6.18 Å². The van der Waals surface area contributed by atoms with Crippen LogP contribution in [0.25, 0.3) is 11.1 Å². The Hall–Kier alpha value is -3.01. The van der Waals surface area contributed by atoms with Crippen LogP contribution in [-0.2, 0) is 13.2 Å². The number of hydrogen-bond acceptors (Lipinski definition) is 2. The summed E-state index contributed by atoms with van der Waals surface area (Å²) in [5, 5.41) is 4.84.